The van der Waals surface area contributed by atoms with E-state index in [1.807, 2.05) is 20.9 Å². The van der Waals surface area contributed by atoms with E-state index in [0.29, 0.717) is 72.9 Å². The predicted octanol–water partition coefficient (Wildman–Crippen LogP) is 2.49. The van der Waals surface area contributed by atoms with E-state index in [9.17, 15) is 18.0 Å². The Morgan fingerprint density at radius 2 is 1.86 bits per heavy atom. The van der Waals surface area contributed by atoms with Crippen molar-refractivity contribution in [3.8, 4) is 17.1 Å². The van der Waals surface area contributed by atoms with Crippen LogP contribution < -0.4 is 10.3 Å². The fourth-order valence-electron chi connectivity index (χ4n) is 4.77. The molecule has 0 unspecified atom stereocenters. The van der Waals surface area contributed by atoms with Crippen LogP contribution in [0.2, 0.25) is 0 Å². The van der Waals surface area contributed by atoms with Gasteiger partial charge in [0.2, 0.25) is 10.0 Å². The molecule has 4 rings (SSSR count). The number of hydrogen-bond acceptors (Lipinski definition) is 7. The van der Waals surface area contributed by atoms with Gasteiger partial charge in [-0.15, -0.1) is 5.10 Å². The molecule has 1 saturated heterocycles. The van der Waals surface area contributed by atoms with Crippen LogP contribution in [0.25, 0.3) is 16.9 Å². The van der Waals surface area contributed by atoms with Crippen LogP contribution in [0.4, 0.5) is 0 Å². The third-order valence-electron chi connectivity index (χ3n) is 6.58. The van der Waals surface area contributed by atoms with Crippen molar-refractivity contribution in [3.63, 3.8) is 0 Å². The molecular formula is C25H33N5O5S. The van der Waals surface area contributed by atoms with Crippen LogP contribution in [-0.4, -0.2) is 77.8 Å². The van der Waals surface area contributed by atoms with Crippen LogP contribution in [0, 0.1) is 6.92 Å². The number of ketones is 1. The number of fused-ring (bicyclic) bond motifs is 1. The number of nitrogens with zero attached hydrogens (tertiary/aromatic N) is 4. The van der Waals surface area contributed by atoms with Crippen molar-refractivity contribution in [1.82, 2.24) is 23.8 Å². The zero-order valence-corrected chi connectivity index (χ0v) is 22.2. The number of ether oxygens (including phenoxy) is 1. The SMILES string of the molecule is CCCc1c(C(C)=O)c(C)c2c(=O)[nH]c(-c3cc(S(=O)(=O)N4CCN(C)CC4)ccc3OCC)nn12. The van der Waals surface area contributed by atoms with Crippen molar-refractivity contribution in [3.05, 3.63) is 45.4 Å². The van der Waals surface area contributed by atoms with Gasteiger partial charge >= 0.3 is 0 Å². The second-order valence-corrected chi connectivity index (χ2v) is 11.1. The first kappa shape index (κ1) is 26.1. The van der Waals surface area contributed by atoms with Crippen molar-refractivity contribution >= 4 is 21.3 Å². The molecule has 1 aliphatic rings. The van der Waals surface area contributed by atoms with Gasteiger partial charge < -0.3 is 14.6 Å². The highest BCUT2D eigenvalue weighted by Crippen LogP contribution is 2.32. The first-order valence-electron chi connectivity index (χ1n) is 12.2. The molecular weight excluding hydrogens is 482 g/mol. The lowest BCUT2D eigenvalue weighted by Gasteiger charge is -2.31. The second-order valence-electron chi connectivity index (χ2n) is 9.11. The van der Waals surface area contributed by atoms with E-state index in [4.69, 9.17) is 9.84 Å². The summed E-state index contributed by atoms with van der Waals surface area (Å²) in [5.41, 5.74) is 2.03. The maximum Gasteiger partial charge on any atom is 0.275 e. The van der Waals surface area contributed by atoms with Crippen LogP contribution in [0.5, 0.6) is 5.75 Å². The van der Waals surface area contributed by atoms with Gasteiger partial charge in [-0.25, -0.2) is 12.9 Å². The quantitative estimate of drug-likeness (QED) is 0.458. The summed E-state index contributed by atoms with van der Waals surface area (Å²) in [6.07, 6.45) is 1.33. The first-order valence-corrected chi connectivity index (χ1v) is 13.6. The van der Waals surface area contributed by atoms with Gasteiger partial charge in [0.1, 0.15) is 11.3 Å². The third kappa shape index (κ3) is 4.58. The number of aryl methyl sites for hydroxylation is 2. The number of H-pyrrole nitrogens is 1. The number of carbonyl (C=O) groups is 1. The smallest absolute Gasteiger partial charge is 0.275 e. The number of carbonyl (C=O) groups excluding carboxylic acids is 1. The highest BCUT2D eigenvalue weighted by molar-refractivity contribution is 7.89. The Kier molecular flexibility index (Phi) is 7.35. The summed E-state index contributed by atoms with van der Waals surface area (Å²) in [5, 5.41) is 4.69. The number of nitrogens with one attached hydrogen (secondary N) is 1. The third-order valence-corrected chi connectivity index (χ3v) is 8.47. The Morgan fingerprint density at radius 3 is 2.47 bits per heavy atom. The monoisotopic (exact) mass is 515 g/mol. The number of rotatable bonds is 8. The lowest BCUT2D eigenvalue weighted by atomic mass is 10.0. The molecule has 10 nitrogen and oxygen atoms in total. The molecule has 3 aromatic rings. The van der Waals surface area contributed by atoms with Gasteiger partial charge in [0, 0.05) is 31.7 Å². The average Bonchev–Trinajstić information content (AvgIpc) is 3.11. The van der Waals surface area contributed by atoms with Crippen molar-refractivity contribution in [2.75, 3.05) is 39.8 Å². The summed E-state index contributed by atoms with van der Waals surface area (Å²) >= 11 is 0. The number of likely N-dealkylation sites (N-methyl/N-ethyl adjacent to an activating group) is 1. The standard InChI is InChI=1S/C25H33N5O5S/c1-6-8-20-22(17(4)31)16(3)23-25(32)26-24(27-30(20)23)19-15-18(9-10-21(19)35-7-2)36(33,34)29-13-11-28(5)12-14-29/h9-10,15H,6-8,11-14H2,1-5H3,(H,26,27,32). The van der Waals surface area contributed by atoms with Gasteiger partial charge in [-0.3, -0.25) is 9.59 Å². The molecule has 36 heavy (non-hydrogen) atoms. The molecule has 0 radical (unpaired) electrons. The summed E-state index contributed by atoms with van der Waals surface area (Å²) in [6.45, 7) is 9.51. The minimum absolute atomic E-state index is 0.107. The maximum absolute atomic E-state index is 13.4. The van der Waals surface area contributed by atoms with Crippen molar-refractivity contribution in [2.45, 2.75) is 45.4 Å². The lowest BCUT2D eigenvalue weighted by molar-refractivity contribution is 0.101. The molecule has 0 spiro atoms. The Morgan fingerprint density at radius 1 is 1.17 bits per heavy atom. The Hall–Kier alpha value is -3.02. The molecule has 2 aromatic heterocycles. The molecule has 1 fully saturated rings. The molecule has 1 aromatic carbocycles. The number of aromatic amines is 1. The normalized spacial score (nSPS) is 15.5. The Labute approximate surface area is 210 Å². The predicted molar refractivity (Wildman–Crippen MR) is 137 cm³/mol. The number of piperazine rings is 1. The number of Topliss-reactive ketones (excluding diaryl/α,β-unsaturated/α-hetero) is 1. The molecule has 0 aliphatic carbocycles. The second kappa shape index (κ2) is 10.2. The number of benzene rings is 1. The largest absolute Gasteiger partial charge is 0.493 e. The van der Waals surface area contributed by atoms with Gasteiger partial charge in [-0.2, -0.15) is 4.31 Å². The first-order chi connectivity index (χ1) is 17.1. The number of hydrogen-bond donors (Lipinski definition) is 1. The van der Waals surface area contributed by atoms with Crippen LogP contribution in [-0.2, 0) is 16.4 Å². The van der Waals surface area contributed by atoms with E-state index < -0.39 is 15.6 Å². The highest BCUT2D eigenvalue weighted by atomic mass is 32.2. The van der Waals surface area contributed by atoms with Crippen molar-refractivity contribution in [2.24, 2.45) is 0 Å². The summed E-state index contributed by atoms with van der Waals surface area (Å²) < 4.78 is 35.6. The van der Waals surface area contributed by atoms with Crippen molar-refractivity contribution in [1.29, 1.82) is 0 Å². The van der Waals surface area contributed by atoms with E-state index >= 15 is 0 Å². The molecule has 3 heterocycles. The molecule has 1 N–H and O–H groups in total. The van der Waals surface area contributed by atoms with Gasteiger partial charge in [-0.1, -0.05) is 13.3 Å². The minimum atomic E-state index is -3.75. The number of aromatic nitrogens is 3. The van der Waals surface area contributed by atoms with Gasteiger partial charge in [-0.05, 0) is 58.0 Å². The minimum Gasteiger partial charge on any atom is -0.493 e. The van der Waals surface area contributed by atoms with Crippen LogP contribution in [0.1, 0.15) is 48.8 Å². The van der Waals surface area contributed by atoms with E-state index in [-0.39, 0.29) is 16.5 Å². The number of sulfonamides is 1. The molecule has 194 valence electrons. The van der Waals surface area contributed by atoms with Crippen LogP contribution >= 0.6 is 0 Å². The summed E-state index contributed by atoms with van der Waals surface area (Å²) in [4.78, 5) is 30.6. The van der Waals surface area contributed by atoms with Crippen molar-refractivity contribution < 1.29 is 17.9 Å². The summed E-state index contributed by atoms with van der Waals surface area (Å²) in [5.74, 6) is 0.455. The summed E-state index contributed by atoms with van der Waals surface area (Å²) in [6, 6.07) is 4.63. The van der Waals surface area contributed by atoms with E-state index in [0.717, 1.165) is 6.42 Å². The molecule has 11 heteroatoms. The Bertz CT molecular complexity index is 1470. The molecule has 0 saturated carbocycles. The van der Waals surface area contributed by atoms with Gasteiger partial charge in [0.25, 0.3) is 5.56 Å². The molecule has 0 amide bonds. The zero-order chi connectivity index (χ0) is 26.2. The average molecular weight is 516 g/mol. The van der Waals surface area contributed by atoms with E-state index in [1.54, 1.807) is 13.0 Å². The van der Waals surface area contributed by atoms with Gasteiger partial charge in [0.15, 0.2) is 11.6 Å². The van der Waals surface area contributed by atoms with Gasteiger partial charge in [0.05, 0.1) is 22.8 Å². The Balaban J connectivity index is 1.91. The van der Waals surface area contributed by atoms with Crippen LogP contribution in [0.3, 0.4) is 0 Å². The topological polar surface area (TPSA) is 117 Å². The lowest BCUT2D eigenvalue weighted by Crippen LogP contribution is -2.47. The molecule has 1 aliphatic heterocycles. The molecule has 0 bridgehead atoms. The fourth-order valence-corrected chi connectivity index (χ4v) is 6.22. The van der Waals surface area contributed by atoms with E-state index in [1.165, 1.54) is 27.9 Å². The zero-order valence-electron chi connectivity index (χ0n) is 21.4. The van der Waals surface area contributed by atoms with Crippen LogP contribution in [0.15, 0.2) is 27.9 Å². The maximum atomic E-state index is 13.4. The fraction of sp³-hybridized carbons (Fsp3) is 0.480. The molecule has 0 atom stereocenters. The van der Waals surface area contributed by atoms with E-state index in [2.05, 4.69) is 9.88 Å². The highest BCUT2D eigenvalue weighted by Gasteiger charge is 2.29. The summed E-state index contributed by atoms with van der Waals surface area (Å²) in [7, 11) is -1.79.